The minimum Gasteiger partial charge on any atom is -0.481 e. The predicted octanol–water partition coefficient (Wildman–Crippen LogP) is 2.67. The fourth-order valence-corrected chi connectivity index (χ4v) is 3.99. The molecule has 3 atom stereocenters. The van der Waals surface area contributed by atoms with Gasteiger partial charge in [-0.25, -0.2) is 4.98 Å². The van der Waals surface area contributed by atoms with Crippen molar-refractivity contribution in [2.45, 2.75) is 25.3 Å². The molecule has 24 heavy (non-hydrogen) atoms. The lowest BCUT2D eigenvalue weighted by Gasteiger charge is -2.48. The molecule has 1 aliphatic carbocycles. The number of rotatable bonds is 3. The minimum atomic E-state index is -0.789. The molecule has 6 heteroatoms. The molecule has 1 saturated carbocycles. The standard InChI is InChI=1S/C18H18N2O4/c21-17(13-4-2-12(3-5-13)16-8-19-10-24-16)20-9-11-1-6-15(20)14(7-11)18(22)23/h2-5,8,10-11,14-15H,1,6-7,9H2,(H,22,23). The van der Waals surface area contributed by atoms with E-state index in [0.29, 0.717) is 30.2 Å². The normalized spacial score (nSPS) is 25.7. The number of carbonyl (C=O) groups excluding carboxylic acids is 1. The second-order valence-corrected chi connectivity index (χ2v) is 6.59. The maximum atomic E-state index is 12.9. The van der Waals surface area contributed by atoms with Gasteiger partial charge in [-0.15, -0.1) is 0 Å². The zero-order valence-electron chi connectivity index (χ0n) is 13.1. The molecule has 3 heterocycles. The average molecular weight is 326 g/mol. The van der Waals surface area contributed by atoms with Crippen LogP contribution in [0.2, 0.25) is 0 Å². The second kappa shape index (κ2) is 5.78. The van der Waals surface area contributed by atoms with Crippen LogP contribution in [-0.2, 0) is 4.79 Å². The van der Waals surface area contributed by atoms with Crippen LogP contribution < -0.4 is 0 Å². The topological polar surface area (TPSA) is 83.6 Å². The lowest BCUT2D eigenvalue weighted by atomic mass is 9.72. The van der Waals surface area contributed by atoms with Crippen molar-refractivity contribution in [1.82, 2.24) is 9.88 Å². The Balaban J connectivity index is 1.56. The Morgan fingerprint density at radius 1 is 1.21 bits per heavy atom. The van der Waals surface area contributed by atoms with Crippen LogP contribution in [-0.4, -0.2) is 39.5 Å². The molecule has 0 spiro atoms. The van der Waals surface area contributed by atoms with Crippen molar-refractivity contribution in [3.05, 3.63) is 42.4 Å². The summed E-state index contributed by atoms with van der Waals surface area (Å²) in [5, 5.41) is 9.42. The van der Waals surface area contributed by atoms with Crippen molar-refractivity contribution < 1.29 is 19.1 Å². The fourth-order valence-electron chi connectivity index (χ4n) is 3.99. The zero-order chi connectivity index (χ0) is 16.7. The summed E-state index contributed by atoms with van der Waals surface area (Å²) in [6, 6.07) is 6.99. The van der Waals surface area contributed by atoms with Crippen LogP contribution in [0.5, 0.6) is 0 Å². The van der Waals surface area contributed by atoms with Crippen molar-refractivity contribution in [2.24, 2.45) is 11.8 Å². The van der Waals surface area contributed by atoms with Crippen LogP contribution in [0.15, 0.2) is 41.3 Å². The second-order valence-electron chi connectivity index (χ2n) is 6.59. The van der Waals surface area contributed by atoms with E-state index in [1.165, 1.54) is 6.39 Å². The van der Waals surface area contributed by atoms with Gasteiger partial charge in [-0.05, 0) is 37.3 Å². The highest BCUT2D eigenvalue weighted by Gasteiger charge is 2.45. The molecule has 1 amide bonds. The summed E-state index contributed by atoms with van der Waals surface area (Å²) in [5.41, 5.74) is 1.43. The van der Waals surface area contributed by atoms with Gasteiger partial charge in [0, 0.05) is 23.7 Å². The highest BCUT2D eigenvalue weighted by molar-refractivity contribution is 5.95. The van der Waals surface area contributed by atoms with Crippen LogP contribution in [0.3, 0.4) is 0 Å². The number of piperidine rings is 2. The monoisotopic (exact) mass is 326 g/mol. The molecule has 1 N–H and O–H groups in total. The highest BCUT2D eigenvalue weighted by atomic mass is 16.4. The van der Waals surface area contributed by atoms with Gasteiger partial charge < -0.3 is 14.4 Å². The molecule has 1 aromatic heterocycles. The van der Waals surface area contributed by atoms with E-state index < -0.39 is 11.9 Å². The molecule has 1 aromatic carbocycles. The van der Waals surface area contributed by atoms with E-state index in [1.54, 1.807) is 23.2 Å². The number of carbonyl (C=O) groups is 2. The number of aliphatic carboxylic acids is 1. The Morgan fingerprint density at radius 2 is 2.00 bits per heavy atom. The number of hydrogen-bond donors (Lipinski definition) is 1. The number of oxazole rings is 1. The van der Waals surface area contributed by atoms with Crippen molar-refractivity contribution >= 4 is 11.9 Å². The highest BCUT2D eigenvalue weighted by Crippen LogP contribution is 2.39. The number of carboxylic acids is 1. The quantitative estimate of drug-likeness (QED) is 0.937. The first-order chi connectivity index (χ1) is 11.6. The molecule has 2 aliphatic heterocycles. The number of hydrogen-bond acceptors (Lipinski definition) is 4. The molecule has 2 saturated heterocycles. The lowest BCUT2D eigenvalue weighted by Crippen LogP contribution is -2.57. The molecule has 3 aliphatic rings. The summed E-state index contributed by atoms with van der Waals surface area (Å²) in [6.07, 6.45) is 5.48. The van der Waals surface area contributed by atoms with Crippen LogP contribution in [0.4, 0.5) is 0 Å². The van der Waals surface area contributed by atoms with Gasteiger partial charge in [0.15, 0.2) is 12.2 Å². The van der Waals surface area contributed by atoms with Crippen molar-refractivity contribution in [1.29, 1.82) is 0 Å². The molecule has 3 fully saturated rings. The van der Waals surface area contributed by atoms with E-state index in [9.17, 15) is 14.7 Å². The predicted molar refractivity (Wildman–Crippen MR) is 85.2 cm³/mol. The first-order valence-electron chi connectivity index (χ1n) is 8.16. The van der Waals surface area contributed by atoms with Gasteiger partial charge in [0.05, 0.1) is 12.1 Å². The van der Waals surface area contributed by atoms with Gasteiger partial charge in [-0.3, -0.25) is 9.59 Å². The van der Waals surface area contributed by atoms with Gasteiger partial charge in [-0.1, -0.05) is 12.1 Å². The Morgan fingerprint density at radius 3 is 2.62 bits per heavy atom. The minimum absolute atomic E-state index is 0.0835. The number of benzene rings is 1. The smallest absolute Gasteiger partial charge is 0.308 e. The molecule has 3 unspecified atom stereocenters. The largest absolute Gasteiger partial charge is 0.481 e. The van der Waals surface area contributed by atoms with E-state index >= 15 is 0 Å². The van der Waals surface area contributed by atoms with E-state index in [0.717, 1.165) is 18.4 Å². The molecule has 124 valence electrons. The van der Waals surface area contributed by atoms with Crippen LogP contribution >= 0.6 is 0 Å². The molecule has 2 aromatic rings. The van der Waals surface area contributed by atoms with E-state index in [1.807, 2.05) is 12.1 Å². The molecule has 6 nitrogen and oxygen atoms in total. The maximum Gasteiger partial charge on any atom is 0.308 e. The summed E-state index contributed by atoms with van der Waals surface area (Å²) in [4.78, 5) is 30.0. The third-order valence-corrected chi connectivity index (χ3v) is 5.20. The Bertz CT molecular complexity index is 754. The summed E-state index contributed by atoms with van der Waals surface area (Å²) in [7, 11) is 0. The molecular formula is C18H18N2O4. The Kier molecular flexibility index (Phi) is 3.59. The average Bonchev–Trinajstić information content (AvgIpc) is 3.16. The molecule has 0 radical (unpaired) electrons. The summed E-state index contributed by atoms with van der Waals surface area (Å²) >= 11 is 0. The third-order valence-electron chi connectivity index (χ3n) is 5.20. The first-order valence-corrected chi connectivity index (χ1v) is 8.16. The SMILES string of the molecule is O=C(O)C1CC2CCC1N(C(=O)c1ccc(-c3cnco3)cc1)C2. The van der Waals surface area contributed by atoms with Gasteiger partial charge in [0.1, 0.15) is 0 Å². The van der Waals surface area contributed by atoms with Gasteiger partial charge in [0.25, 0.3) is 5.91 Å². The van der Waals surface area contributed by atoms with Crippen molar-refractivity contribution in [3.8, 4) is 11.3 Å². The zero-order valence-corrected chi connectivity index (χ0v) is 13.1. The number of nitrogens with zero attached hydrogens (tertiary/aromatic N) is 2. The van der Waals surface area contributed by atoms with Crippen LogP contribution in [0.25, 0.3) is 11.3 Å². The van der Waals surface area contributed by atoms with E-state index in [-0.39, 0.29) is 11.9 Å². The summed E-state index contributed by atoms with van der Waals surface area (Å²) < 4.78 is 5.25. The van der Waals surface area contributed by atoms with Gasteiger partial charge >= 0.3 is 5.97 Å². The van der Waals surface area contributed by atoms with E-state index in [2.05, 4.69) is 4.98 Å². The summed E-state index contributed by atoms with van der Waals surface area (Å²) in [5.74, 6) is -0.358. The molecule has 2 bridgehead atoms. The third kappa shape index (κ3) is 2.48. The molecular weight excluding hydrogens is 308 g/mol. The number of fused-ring (bicyclic) bond motifs is 3. The van der Waals surface area contributed by atoms with Gasteiger partial charge in [-0.2, -0.15) is 0 Å². The lowest BCUT2D eigenvalue weighted by molar-refractivity contribution is -0.148. The number of carboxylic acid groups (broad SMARTS) is 1. The number of aromatic nitrogens is 1. The van der Waals surface area contributed by atoms with Gasteiger partial charge in [0.2, 0.25) is 0 Å². The summed E-state index contributed by atoms with van der Waals surface area (Å²) in [6.45, 7) is 0.664. The first kappa shape index (κ1) is 14.9. The van der Waals surface area contributed by atoms with Crippen LogP contribution in [0.1, 0.15) is 29.6 Å². The van der Waals surface area contributed by atoms with E-state index in [4.69, 9.17) is 4.42 Å². The number of amides is 1. The maximum absolute atomic E-state index is 12.9. The molecule has 5 rings (SSSR count). The Labute approximate surface area is 139 Å². The Hall–Kier alpha value is -2.63. The van der Waals surface area contributed by atoms with Crippen molar-refractivity contribution in [2.75, 3.05) is 6.54 Å². The van der Waals surface area contributed by atoms with Crippen molar-refractivity contribution in [3.63, 3.8) is 0 Å². The van der Waals surface area contributed by atoms with Crippen LogP contribution in [0, 0.1) is 11.8 Å². The fraction of sp³-hybridized carbons (Fsp3) is 0.389.